The highest BCUT2D eigenvalue weighted by Gasteiger charge is 2.64. The van der Waals surface area contributed by atoms with Crippen LogP contribution in [0.1, 0.15) is 59.7 Å². The van der Waals surface area contributed by atoms with Crippen LogP contribution in [0.2, 0.25) is 0 Å². The first-order valence-corrected chi connectivity index (χ1v) is 14.3. The molecule has 1 aliphatic heterocycles. The number of Topliss-reactive ketones (excluding diaryl/α,β-unsaturated/α-hetero) is 1. The van der Waals surface area contributed by atoms with Gasteiger partial charge >= 0.3 is 6.18 Å². The molecule has 2 fully saturated rings. The number of carbonyl (C=O) groups excluding carboxylic acids is 3. The smallest absolute Gasteiger partial charge is 0.337 e. The van der Waals surface area contributed by atoms with Crippen molar-refractivity contribution < 1.29 is 27.6 Å². The molecule has 0 radical (unpaired) electrons. The Balaban J connectivity index is 1.30. The van der Waals surface area contributed by atoms with Gasteiger partial charge in [0.1, 0.15) is 29.9 Å². The number of aromatic nitrogens is 4. The van der Waals surface area contributed by atoms with Gasteiger partial charge in [-0.25, -0.2) is 15.0 Å². The number of nitrogens with one attached hydrogen (secondary N) is 1. The quantitative estimate of drug-likeness (QED) is 0.285. The largest absolute Gasteiger partial charge is 0.433 e. The Morgan fingerprint density at radius 1 is 1.02 bits per heavy atom. The zero-order chi connectivity index (χ0) is 31.7. The number of nitrogens with zero attached hydrogens (tertiary/aromatic N) is 5. The number of pyridine rings is 1. The first kappa shape index (κ1) is 29.5. The van der Waals surface area contributed by atoms with Gasteiger partial charge in [0.05, 0.1) is 5.52 Å². The van der Waals surface area contributed by atoms with E-state index in [0.717, 1.165) is 34.7 Å². The second-order valence-electron chi connectivity index (χ2n) is 12.2. The number of alkyl halides is 3. The van der Waals surface area contributed by atoms with E-state index in [1.54, 1.807) is 41.9 Å². The van der Waals surface area contributed by atoms with E-state index >= 15 is 0 Å². The Bertz CT molecular complexity index is 1850. The Labute approximate surface area is 251 Å². The maximum Gasteiger partial charge on any atom is 0.433 e. The number of ketones is 1. The minimum absolute atomic E-state index is 0.116. The number of aryl methyl sites for hydroxylation is 3. The van der Waals surface area contributed by atoms with Crippen molar-refractivity contribution in [3.05, 3.63) is 71.1 Å². The number of hydrogen-bond donors (Lipinski definition) is 1. The number of piperidine rings is 1. The van der Waals surface area contributed by atoms with Crippen molar-refractivity contribution in [2.75, 3.05) is 5.32 Å². The molecule has 228 valence electrons. The van der Waals surface area contributed by atoms with Crippen LogP contribution in [-0.4, -0.2) is 54.1 Å². The maximum absolute atomic E-state index is 13.9. The number of fused-ring (bicyclic) bond motifs is 2. The lowest BCUT2D eigenvalue weighted by Crippen LogP contribution is -2.46. The molecule has 0 unspecified atom stereocenters. The van der Waals surface area contributed by atoms with Crippen molar-refractivity contribution in [3.8, 4) is 11.1 Å². The second kappa shape index (κ2) is 10.2. The van der Waals surface area contributed by atoms with E-state index < -0.39 is 23.8 Å². The van der Waals surface area contributed by atoms with Gasteiger partial charge in [0.2, 0.25) is 11.8 Å². The Kier molecular flexibility index (Phi) is 6.86. The molecule has 3 aromatic heterocycles. The molecular formula is C32H31F3N6O3. The molecule has 12 heteroatoms. The van der Waals surface area contributed by atoms with Gasteiger partial charge in [-0.15, -0.1) is 0 Å². The lowest BCUT2D eigenvalue weighted by molar-refractivity contribution is -0.141. The number of halogens is 3. The van der Waals surface area contributed by atoms with Gasteiger partial charge in [0.25, 0.3) is 0 Å². The molecule has 0 bridgehead atoms. The summed E-state index contributed by atoms with van der Waals surface area (Å²) in [6, 6.07) is 4.93. The van der Waals surface area contributed by atoms with Gasteiger partial charge in [-0.3, -0.25) is 14.4 Å². The Morgan fingerprint density at radius 2 is 1.73 bits per heavy atom. The molecule has 1 saturated heterocycles. The molecule has 2 amide bonds. The average Bonchev–Trinajstić information content (AvgIpc) is 3.30. The van der Waals surface area contributed by atoms with Crippen molar-refractivity contribution in [1.82, 2.24) is 24.4 Å². The molecule has 9 nitrogen and oxygen atoms in total. The molecule has 44 heavy (non-hydrogen) atoms. The van der Waals surface area contributed by atoms with Gasteiger partial charge in [0, 0.05) is 41.1 Å². The fourth-order valence-corrected chi connectivity index (χ4v) is 6.37. The standard InChI is InChI=1S/C32H31F3N6O3/c1-16-6-7-25(32(33,34)35)38-29(16)39-30(44)24-10-31(5)11-26(31)41(24)27(43)15-40-14-23(18(3)42)22-9-20(8-17(2)28(22)40)21-12-36-19(4)37-13-21/h6-9,12-14,24,26H,10-11,15H2,1-5H3,(H,38,39,44)/t24-,26+,31-/m0/s1. The maximum atomic E-state index is 13.9. The van der Waals surface area contributed by atoms with Crippen LogP contribution in [0.3, 0.4) is 0 Å². The first-order valence-electron chi connectivity index (χ1n) is 14.3. The van der Waals surface area contributed by atoms with Crippen molar-refractivity contribution >= 4 is 34.3 Å². The summed E-state index contributed by atoms with van der Waals surface area (Å²) in [6.45, 7) is 8.61. The van der Waals surface area contributed by atoms with E-state index in [2.05, 4.69) is 20.3 Å². The summed E-state index contributed by atoms with van der Waals surface area (Å²) < 4.78 is 41.6. The lowest BCUT2D eigenvalue weighted by atomic mass is 10.0. The number of benzene rings is 1. The molecule has 4 heterocycles. The number of carbonyl (C=O) groups is 3. The summed E-state index contributed by atoms with van der Waals surface area (Å²) in [5.41, 5.74) is 2.68. The molecule has 2 aliphatic rings. The summed E-state index contributed by atoms with van der Waals surface area (Å²) in [4.78, 5) is 53.8. The van der Waals surface area contributed by atoms with E-state index in [4.69, 9.17) is 0 Å². The minimum atomic E-state index is -4.66. The van der Waals surface area contributed by atoms with Gasteiger partial charge < -0.3 is 14.8 Å². The van der Waals surface area contributed by atoms with Gasteiger partial charge in [-0.2, -0.15) is 13.2 Å². The molecule has 3 atom stereocenters. The molecule has 1 aromatic carbocycles. The van der Waals surface area contributed by atoms with E-state index in [-0.39, 0.29) is 35.5 Å². The second-order valence-corrected chi connectivity index (χ2v) is 12.2. The fourth-order valence-electron chi connectivity index (χ4n) is 6.37. The van der Waals surface area contributed by atoms with Crippen LogP contribution in [0.25, 0.3) is 22.0 Å². The number of rotatable bonds is 6. The summed E-state index contributed by atoms with van der Waals surface area (Å²) in [5, 5.41) is 3.24. The number of amides is 2. The zero-order valence-corrected chi connectivity index (χ0v) is 24.9. The molecule has 1 aliphatic carbocycles. The minimum Gasteiger partial charge on any atom is -0.337 e. The molecule has 1 saturated carbocycles. The third-order valence-electron chi connectivity index (χ3n) is 8.82. The number of anilines is 1. The highest BCUT2D eigenvalue weighted by molar-refractivity contribution is 6.09. The van der Waals surface area contributed by atoms with Crippen LogP contribution in [0.4, 0.5) is 19.0 Å². The van der Waals surface area contributed by atoms with Crippen LogP contribution in [0.15, 0.2) is 42.9 Å². The molecule has 1 N–H and O–H groups in total. The fraction of sp³-hybridized carbons (Fsp3) is 0.375. The van der Waals surface area contributed by atoms with Crippen molar-refractivity contribution in [3.63, 3.8) is 0 Å². The molecule has 4 aromatic rings. The number of likely N-dealkylation sites (tertiary alicyclic amines) is 1. The summed E-state index contributed by atoms with van der Waals surface area (Å²) in [6.07, 6.45) is 1.56. The van der Waals surface area contributed by atoms with E-state index in [1.165, 1.54) is 13.0 Å². The molecule has 0 spiro atoms. The molecular weight excluding hydrogens is 573 g/mol. The van der Waals surface area contributed by atoms with E-state index in [0.29, 0.717) is 28.8 Å². The third-order valence-corrected chi connectivity index (χ3v) is 8.82. The zero-order valence-electron chi connectivity index (χ0n) is 24.9. The normalized spacial score (nSPS) is 21.0. The predicted octanol–water partition coefficient (Wildman–Crippen LogP) is 5.66. The summed E-state index contributed by atoms with van der Waals surface area (Å²) in [5.74, 6) is -0.592. The molecule has 6 rings (SSSR count). The predicted molar refractivity (Wildman–Crippen MR) is 157 cm³/mol. The SMILES string of the molecule is CC(=O)c1cn(CC(=O)N2[C@H](C(=O)Nc3nc(C(F)(F)F)ccc3C)C[C@@]3(C)C[C@@H]23)c2c(C)cc(-c3cnc(C)nc3)cc12. The summed E-state index contributed by atoms with van der Waals surface area (Å²) >= 11 is 0. The van der Waals surface area contributed by atoms with Gasteiger partial charge in [-0.1, -0.05) is 13.0 Å². The number of hydrogen-bond acceptors (Lipinski definition) is 6. The highest BCUT2D eigenvalue weighted by Crippen LogP contribution is 2.59. The topological polar surface area (TPSA) is 110 Å². The van der Waals surface area contributed by atoms with Gasteiger partial charge in [0.15, 0.2) is 5.78 Å². The van der Waals surface area contributed by atoms with Crippen LogP contribution in [0.5, 0.6) is 0 Å². The monoisotopic (exact) mass is 604 g/mol. The average molecular weight is 605 g/mol. The van der Waals surface area contributed by atoms with Crippen molar-refractivity contribution in [1.29, 1.82) is 0 Å². The van der Waals surface area contributed by atoms with Crippen molar-refractivity contribution in [2.24, 2.45) is 5.41 Å². The lowest BCUT2D eigenvalue weighted by Gasteiger charge is -2.27. The van der Waals surface area contributed by atoms with E-state index in [9.17, 15) is 27.6 Å². The summed E-state index contributed by atoms with van der Waals surface area (Å²) in [7, 11) is 0. The Hall–Kier alpha value is -4.61. The van der Waals surface area contributed by atoms with Crippen LogP contribution >= 0.6 is 0 Å². The van der Waals surface area contributed by atoms with Crippen LogP contribution in [0, 0.1) is 26.2 Å². The van der Waals surface area contributed by atoms with Gasteiger partial charge in [-0.05, 0) is 80.8 Å². The van der Waals surface area contributed by atoms with Crippen LogP contribution < -0.4 is 5.32 Å². The van der Waals surface area contributed by atoms with Crippen LogP contribution in [-0.2, 0) is 22.3 Å². The van der Waals surface area contributed by atoms with E-state index in [1.807, 2.05) is 26.0 Å². The third kappa shape index (κ3) is 5.11. The highest BCUT2D eigenvalue weighted by atomic mass is 19.4. The first-order chi connectivity index (χ1) is 20.7. The van der Waals surface area contributed by atoms with Crippen molar-refractivity contribution in [2.45, 2.75) is 72.3 Å². The Morgan fingerprint density at radius 3 is 2.39 bits per heavy atom.